The van der Waals surface area contributed by atoms with Gasteiger partial charge in [-0.15, -0.1) is 0 Å². The van der Waals surface area contributed by atoms with Gasteiger partial charge in [0.05, 0.1) is 25.4 Å². The Morgan fingerprint density at radius 3 is 1.39 bits per heavy atom. The van der Waals surface area contributed by atoms with Gasteiger partial charge in [0.2, 0.25) is 5.91 Å². The maximum absolute atomic E-state index is 12.4. The zero-order valence-corrected chi connectivity index (χ0v) is 34.1. The molecule has 0 aliphatic heterocycles. The molecule has 3 N–H and O–H groups in total. The van der Waals surface area contributed by atoms with Crippen LogP contribution in [0.5, 0.6) is 0 Å². The van der Waals surface area contributed by atoms with E-state index in [1.165, 1.54) is 122 Å². The van der Waals surface area contributed by atoms with Crippen molar-refractivity contribution < 1.29 is 24.5 Å². The Balaban J connectivity index is 3.52. The summed E-state index contributed by atoms with van der Waals surface area (Å²) in [6.07, 6.45) is 44.5. The highest BCUT2D eigenvalue weighted by atomic mass is 16.5. The summed E-state index contributed by atoms with van der Waals surface area (Å²) in [5.41, 5.74) is 0. The number of aliphatic hydroxyl groups excluding tert-OH is 2. The Bertz CT molecular complexity index is 757. The fourth-order valence-electron chi connectivity index (χ4n) is 6.81. The Morgan fingerprint density at radius 2 is 0.922 bits per heavy atom. The molecule has 0 saturated heterocycles. The van der Waals surface area contributed by atoms with E-state index in [-0.39, 0.29) is 18.5 Å². The van der Waals surface area contributed by atoms with Gasteiger partial charge in [0.1, 0.15) is 0 Å². The van der Waals surface area contributed by atoms with Gasteiger partial charge in [-0.2, -0.15) is 0 Å². The highest BCUT2D eigenvalue weighted by Gasteiger charge is 2.20. The third-order valence-corrected chi connectivity index (χ3v) is 10.3. The van der Waals surface area contributed by atoms with E-state index in [1.807, 2.05) is 0 Å². The molecule has 0 aliphatic carbocycles. The molecule has 0 spiro atoms. The summed E-state index contributed by atoms with van der Waals surface area (Å²) in [6, 6.07) is -0.559. The van der Waals surface area contributed by atoms with E-state index in [0.717, 1.165) is 83.5 Å². The van der Waals surface area contributed by atoms with Crippen molar-refractivity contribution >= 4 is 11.9 Å². The molecule has 0 bridgehead atoms. The van der Waals surface area contributed by atoms with Crippen molar-refractivity contribution in [1.29, 1.82) is 0 Å². The van der Waals surface area contributed by atoms with Crippen LogP contribution in [0.1, 0.15) is 239 Å². The molecular formula is C45H87NO5. The number of ether oxygens (including phenoxy) is 1. The molecule has 1 amide bonds. The van der Waals surface area contributed by atoms with Crippen molar-refractivity contribution in [1.82, 2.24) is 5.32 Å². The molecule has 0 saturated carbocycles. The molecule has 2 atom stereocenters. The lowest BCUT2D eigenvalue weighted by molar-refractivity contribution is -0.143. The molecule has 51 heavy (non-hydrogen) atoms. The summed E-state index contributed by atoms with van der Waals surface area (Å²) < 4.78 is 5.41. The minimum absolute atomic E-state index is 0.0311. The number of hydrogen-bond donors (Lipinski definition) is 3. The second kappa shape index (κ2) is 41.4. The molecule has 2 unspecified atom stereocenters. The van der Waals surface area contributed by atoms with Gasteiger partial charge in [-0.1, -0.05) is 187 Å². The first kappa shape index (κ1) is 49.6. The third kappa shape index (κ3) is 38.1. The summed E-state index contributed by atoms with van der Waals surface area (Å²) >= 11 is 0. The zero-order valence-electron chi connectivity index (χ0n) is 34.1. The van der Waals surface area contributed by atoms with Crippen LogP contribution in [0.15, 0.2) is 12.2 Å². The molecule has 302 valence electrons. The summed E-state index contributed by atoms with van der Waals surface area (Å²) in [4.78, 5) is 24.3. The first-order chi connectivity index (χ1) is 25.0. The second-order valence-corrected chi connectivity index (χ2v) is 15.4. The average Bonchev–Trinajstić information content (AvgIpc) is 3.13. The Labute approximate surface area is 317 Å². The smallest absolute Gasteiger partial charge is 0.305 e. The average molecular weight is 722 g/mol. The highest BCUT2D eigenvalue weighted by molar-refractivity contribution is 5.76. The fourth-order valence-corrected chi connectivity index (χ4v) is 6.81. The van der Waals surface area contributed by atoms with Gasteiger partial charge in [-0.3, -0.25) is 9.59 Å². The minimum atomic E-state index is -0.679. The van der Waals surface area contributed by atoms with Gasteiger partial charge in [0.15, 0.2) is 0 Å². The molecule has 0 heterocycles. The standard InChI is InChI=1S/C45H87NO5/c1-3-5-7-9-11-13-15-19-23-27-31-35-39-45(50)51-40-36-32-28-24-20-16-18-22-26-30-34-38-44(49)46-42(41-47)43(48)37-33-29-25-21-17-14-12-10-8-6-4-2/h20,24,42-43,47-48H,3-19,21-23,25-41H2,1-2H3,(H,46,49)/b24-20-. The lowest BCUT2D eigenvalue weighted by Crippen LogP contribution is -2.45. The molecule has 0 aliphatic rings. The number of rotatable bonds is 41. The molecule has 0 aromatic rings. The van der Waals surface area contributed by atoms with Crippen molar-refractivity contribution in [3.63, 3.8) is 0 Å². The van der Waals surface area contributed by atoms with E-state index in [9.17, 15) is 19.8 Å². The van der Waals surface area contributed by atoms with Crippen molar-refractivity contribution in [2.24, 2.45) is 0 Å². The molecule has 0 radical (unpaired) electrons. The van der Waals surface area contributed by atoms with Crippen molar-refractivity contribution in [2.75, 3.05) is 13.2 Å². The van der Waals surface area contributed by atoms with Gasteiger partial charge in [-0.05, 0) is 51.4 Å². The van der Waals surface area contributed by atoms with Gasteiger partial charge >= 0.3 is 5.97 Å². The van der Waals surface area contributed by atoms with E-state index in [0.29, 0.717) is 25.9 Å². The molecule has 0 fully saturated rings. The Kier molecular flexibility index (Phi) is 40.2. The predicted octanol–water partition coefficient (Wildman–Crippen LogP) is 12.6. The van der Waals surface area contributed by atoms with Crippen LogP contribution >= 0.6 is 0 Å². The Hall–Kier alpha value is -1.40. The van der Waals surface area contributed by atoms with Crippen LogP contribution in [0.4, 0.5) is 0 Å². The number of aliphatic hydroxyl groups is 2. The number of amides is 1. The van der Waals surface area contributed by atoms with Crippen LogP contribution in [0.3, 0.4) is 0 Å². The van der Waals surface area contributed by atoms with Crippen molar-refractivity contribution in [2.45, 2.75) is 251 Å². The summed E-state index contributed by atoms with van der Waals surface area (Å²) in [6.45, 7) is 4.85. The van der Waals surface area contributed by atoms with Crippen molar-refractivity contribution in [3.8, 4) is 0 Å². The molecule has 6 nitrogen and oxygen atoms in total. The van der Waals surface area contributed by atoms with E-state index in [4.69, 9.17) is 4.74 Å². The zero-order chi connectivity index (χ0) is 37.3. The summed E-state index contributed by atoms with van der Waals surface area (Å²) in [5.74, 6) is -0.0965. The summed E-state index contributed by atoms with van der Waals surface area (Å²) in [5, 5.41) is 23.1. The Morgan fingerprint density at radius 1 is 0.529 bits per heavy atom. The molecule has 6 heteroatoms. The van der Waals surface area contributed by atoms with Gasteiger partial charge in [0.25, 0.3) is 0 Å². The number of carbonyl (C=O) groups excluding carboxylic acids is 2. The first-order valence-electron chi connectivity index (χ1n) is 22.4. The van der Waals surface area contributed by atoms with Crippen LogP contribution in [-0.2, 0) is 14.3 Å². The lowest BCUT2D eigenvalue weighted by atomic mass is 10.0. The first-order valence-corrected chi connectivity index (χ1v) is 22.4. The topological polar surface area (TPSA) is 95.9 Å². The largest absolute Gasteiger partial charge is 0.466 e. The van der Waals surface area contributed by atoms with Crippen molar-refractivity contribution in [3.05, 3.63) is 12.2 Å². The van der Waals surface area contributed by atoms with Crippen LogP contribution in [0, 0.1) is 0 Å². The molecule has 0 aromatic heterocycles. The van der Waals surface area contributed by atoms with Crippen LogP contribution < -0.4 is 5.32 Å². The minimum Gasteiger partial charge on any atom is -0.466 e. The number of unbranched alkanes of at least 4 members (excludes halogenated alkanes) is 28. The number of carbonyl (C=O) groups is 2. The highest BCUT2D eigenvalue weighted by Crippen LogP contribution is 2.15. The van der Waals surface area contributed by atoms with Crippen LogP contribution in [0.25, 0.3) is 0 Å². The number of esters is 1. The van der Waals surface area contributed by atoms with Gasteiger partial charge in [0, 0.05) is 12.8 Å². The monoisotopic (exact) mass is 722 g/mol. The van der Waals surface area contributed by atoms with E-state index >= 15 is 0 Å². The maximum atomic E-state index is 12.4. The van der Waals surface area contributed by atoms with E-state index < -0.39 is 12.1 Å². The molecular weight excluding hydrogens is 634 g/mol. The molecule has 0 rings (SSSR count). The van der Waals surface area contributed by atoms with Crippen LogP contribution in [-0.4, -0.2) is 47.4 Å². The number of hydrogen-bond acceptors (Lipinski definition) is 5. The van der Waals surface area contributed by atoms with E-state index in [1.54, 1.807) is 0 Å². The number of allylic oxidation sites excluding steroid dienone is 2. The van der Waals surface area contributed by atoms with Crippen LogP contribution in [0.2, 0.25) is 0 Å². The quantitative estimate of drug-likeness (QED) is 0.0332. The second-order valence-electron chi connectivity index (χ2n) is 15.4. The maximum Gasteiger partial charge on any atom is 0.305 e. The van der Waals surface area contributed by atoms with Gasteiger partial charge in [-0.25, -0.2) is 0 Å². The fraction of sp³-hybridized carbons (Fsp3) is 0.911. The third-order valence-electron chi connectivity index (χ3n) is 10.3. The molecule has 0 aromatic carbocycles. The van der Waals surface area contributed by atoms with E-state index in [2.05, 4.69) is 31.3 Å². The van der Waals surface area contributed by atoms with Gasteiger partial charge < -0.3 is 20.3 Å². The SMILES string of the molecule is CCCCCCCCCCCCCCC(=O)OCCCC/C=C\CCCCCCCC(=O)NC(CO)C(O)CCCCCCCCCCCCC. The number of nitrogens with one attached hydrogen (secondary N) is 1. The normalized spacial score (nSPS) is 12.8. The lowest BCUT2D eigenvalue weighted by Gasteiger charge is -2.22. The predicted molar refractivity (Wildman–Crippen MR) is 218 cm³/mol. The summed E-state index contributed by atoms with van der Waals surface area (Å²) in [7, 11) is 0.